The molecule has 2 aromatic rings. The summed E-state index contributed by atoms with van der Waals surface area (Å²) in [6.07, 6.45) is 3.64. The summed E-state index contributed by atoms with van der Waals surface area (Å²) in [7, 11) is 0. The monoisotopic (exact) mass is 283 g/mol. The first-order valence-electron chi connectivity index (χ1n) is 7.75. The van der Waals surface area contributed by atoms with Crippen LogP contribution in [0.25, 0.3) is 5.69 Å². The van der Waals surface area contributed by atoms with Crippen molar-refractivity contribution in [2.45, 2.75) is 53.6 Å². The third-order valence-electron chi connectivity index (χ3n) is 4.65. The van der Waals surface area contributed by atoms with Crippen molar-refractivity contribution >= 4 is 0 Å². The zero-order valence-corrected chi connectivity index (χ0v) is 13.7. The van der Waals surface area contributed by atoms with Crippen LogP contribution in [-0.2, 0) is 6.42 Å². The van der Waals surface area contributed by atoms with Crippen LogP contribution in [0, 0.1) is 26.2 Å². The second kappa shape index (κ2) is 4.74. The van der Waals surface area contributed by atoms with Crippen LogP contribution in [0.15, 0.2) is 24.4 Å². The van der Waals surface area contributed by atoms with Gasteiger partial charge in [0.25, 0.3) is 0 Å². The lowest BCUT2D eigenvalue weighted by Crippen LogP contribution is -2.26. The Morgan fingerprint density at radius 2 is 1.76 bits per heavy atom. The summed E-state index contributed by atoms with van der Waals surface area (Å²) in [6.45, 7) is 11.0. The van der Waals surface area contributed by atoms with Gasteiger partial charge in [-0.25, -0.2) is 0 Å². The largest absolute Gasteiger partial charge is 0.388 e. The molecule has 0 spiro atoms. The van der Waals surface area contributed by atoms with Crippen molar-refractivity contribution in [2.75, 3.05) is 0 Å². The second-order valence-corrected chi connectivity index (χ2v) is 7.40. The predicted octanol–water partition coefficient (Wildman–Crippen LogP) is 4.41. The number of nitrogens with zero attached hydrogens (tertiary/aromatic N) is 1. The molecule has 1 heterocycles. The molecule has 1 atom stereocenters. The maximum atomic E-state index is 10.4. The molecule has 0 amide bonds. The number of fused-ring (bicyclic) bond motifs is 1. The normalized spacial score (nSPS) is 20.4. The molecule has 0 radical (unpaired) electrons. The van der Waals surface area contributed by atoms with E-state index in [-0.39, 0.29) is 11.5 Å². The van der Waals surface area contributed by atoms with Crippen LogP contribution in [0.5, 0.6) is 0 Å². The molecule has 0 saturated carbocycles. The molecule has 2 nitrogen and oxygen atoms in total. The first-order chi connectivity index (χ1) is 9.78. The highest BCUT2D eigenvalue weighted by molar-refractivity contribution is 5.52. The first-order valence-corrected chi connectivity index (χ1v) is 7.75. The fourth-order valence-electron chi connectivity index (χ4n) is 3.89. The SMILES string of the molecule is Cc1cc(C)c(-n2ccc3c2CC(C)(C)CC3O)c(C)c1. The summed E-state index contributed by atoms with van der Waals surface area (Å²) in [5.41, 5.74) is 7.69. The molecule has 0 bridgehead atoms. The van der Waals surface area contributed by atoms with E-state index in [2.05, 4.69) is 63.6 Å². The lowest BCUT2D eigenvalue weighted by molar-refractivity contribution is 0.0986. The summed E-state index contributed by atoms with van der Waals surface area (Å²) in [5, 5.41) is 10.4. The molecule has 0 saturated heterocycles. The molecule has 21 heavy (non-hydrogen) atoms. The number of hydrogen-bond acceptors (Lipinski definition) is 1. The molecule has 0 aliphatic heterocycles. The van der Waals surface area contributed by atoms with Crippen molar-refractivity contribution in [3.05, 3.63) is 52.3 Å². The van der Waals surface area contributed by atoms with Gasteiger partial charge in [0.2, 0.25) is 0 Å². The molecular weight excluding hydrogens is 258 g/mol. The smallest absolute Gasteiger partial charge is 0.0812 e. The minimum Gasteiger partial charge on any atom is -0.388 e. The Kier molecular flexibility index (Phi) is 3.25. The summed E-state index contributed by atoms with van der Waals surface area (Å²) in [6, 6.07) is 6.56. The minimum atomic E-state index is -0.337. The summed E-state index contributed by atoms with van der Waals surface area (Å²) >= 11 is 0. The molecule has 0 fully saturated rings. The van der Waals surface area contributed by atoms with Crippen molar-refractivity contribution in [2.24, 2.45) is 5.41 Å². The molecule has 3 rings (SSSR count). The van der Waals surface area contributed by atoms with E-state index < -0.39 is 0 Å². The van der Waals surface area contributed by atoms with Gasteiger partial charge in [0, 0.05) is 17.5 Å². The van der Waals surface area contributed by atoms with Gasteiger partial charge >= 0.3 is 0 Å². The molecule has 1 aromatic carbocycles. The van der Waals surface area contributed by atoms with Crippen molar-refractivity contribution in [3.63, 3.8) is 0 Å². The van der Waals surface area contributed by atoms with Gasteiger partial charge in [-0.15, -0.1) is 0 Å². The van der Waals surface area contributed by atoms with E-state index in [1.165, 1.54) is 28.1 Å². The van der Waals surface area contributed by atoms with E-state index in [0.717, 1.165) is 18.4 Å². The number of aryl methyl sites for hydroxylation is 3. The molecular formula is C19H25NO. The average Bonchev–Trinajstić information content (AvgIpc) is 2.70. The molecule has 1 aliphatic rings. The van der Waals surface area contributed by atoms with Gasteiger partial charge in [-0.1, -0.05) is 31.5 Å². The zero-order chi connectivity index (χ0) is 15.4. The van der Waals surface area contributed by atoms with E-state index in [1.807, 2.05) is 0 Å². The highest BCUT2D eigenvalue weighted by Gasteiger charge is 2.33. The van der Waals surface area contributed by atoms with Crippen LogP contribution in [0.2, 0.25) is 0 Å². The van der Waals surface area contributed by atoms with Gasteiger partial charge in [0.05, 0.1) is 11.8 Å². The van der Waals surface area contributed by atoms with Crippen LogP contribution in [0.4, 0.5) is 0 Å². The van der Waals surface area contributed by atoms with Crippen LogP contribution < -0.4 is 0 Å². The molecule has 1 aliphatic carbocycles. The second-order valence-electron chi connectivity index (χ2n) is 7.40. The molecule has 1 aromatic heterocycles. The van der Waals surface area contributed by atoms with Gasteiger partial charge in [-0.2, -0.15) is 0 Å². The van der Waals surface area contributed by atoms with Crippen LogP contribution in [-0.4, -0.2) is 9.67 Å². The Labute approximate surface area is 127 Å². The lowest BCUT2D eigenvalue weighted by atomic mass is 9.75. The van der Waals surface area contributed by atoms with E-state index in [9.17, 15) is 5.11 Å². The molecule has 2 heteroatoms. The van der Waals surface area contributed by atoms with Crippen molar-refractivity contribution in [3.8, 4) is 5.69 Å². The fraction of sp³-hybridized carbons (Fsp3) is 0.474. The molecule has 1 N–H and O–H groups in total. The summed E-state index contributed by atoms with van der Waals surface area (Å²) in [4.78, 5) is 0. The Bertz CT molecular complexity index is 671. The van der Waals surface area contributed by atoms with Gasteiger partial charge in [-0.05, 0) is 56.2 Å². The minimum absolute atomic E-state index is 0.148. The Balaban J connectivity index is 2.19. The zero-order valence-electron chi connectivity index (χ0n) is 13.7. The first kappa shape index (κ1) is 14.4. The Morgan fingerprint density at radius 1 is 1.14 bits per heavy atom. The third-order valence-corrected chi connectivity index (χ3v) is 4.65. The standard InChI is InChI=1S/C19H25NO/c1-12-8-13(2)18(14(3)9-12)20-7-6-15-16(20)10-19(4,5)11-17(15)21/h6-9,17,21H,10-11H2,1-5H3. The van der Waals surface area contributed by atoms with Crippen LogP contribution in [0.1, 0.15) is 54.3 Å². The van der Waals surface area contributed by atoms with Gasteiger partial charge in [0.15, 0.2) is 0 Å². The fourth-order valence-corrected chi connectivity index (χ4v) is 3.89. The van der Waals surface area contributed by atoms with Crippen molar-refractivity contribution < 1.29 is 5.11 Å². The lowest BCUT2D eigenvalue weighted by Gasteiger charge is -2.34. The molecule has 1 unspecified atom stereocenters. The summed E-state index contributed by atoms with van der Waals surface area (Å²) in [5.74, 6) is 0. The number of aromatic nitrogens is 1. The highest BCUT2D eigenvalue weighted by Crippen LogP contribution is 2.42. The predicted molar refractivity (Wildman–Crippen MR) is 87.0 cm³/mol. The van der Waals surface area contributed by atoms with E-state index >= 15 is 0 Å². The van der Waals surface area contributed by atoms with Gasteiger partial charge in [0.1, 0.15) is 0 Å². The van der Waals surface area contributed by atoms with Gasteiger partial charge < -0.3 is 9.67 Å². The average molecular weight is 283 g/mol. The van der Waals surface area contributed by atoms with E-state index in [1.54, 1.807) is 0 Å². The third kappa shape index (κ3) is 2.42. The highest BCUT2D eigenvalue weighted by atomic mass is 16.3. The quantitative estimate of drug-likeness (QED) is 0.824. The Hall–Kier alpha value is -1.54. The number of aliphatic hydroxyl groups excluding tert-OH is 1. The Morgan fingerprint density at radius 3 is 2.38 bits per heavy atom. The van der Waals surface area contributed by atoms with Crippen LogP contribution >= 0.6 is 0 Å². The number of benzene rings is 1. The van der Waals surface area contributed by atoms with Crippen molar-refractivity contribution in [1.29, 1.82) is 0 Å². The van der Waals surface area contributed by atoms with Crippen molar-refractivity contribution in [1.82, 2.24) is 4.57 Å². The van der Waals surface area contributed by atoms with Gasteiger partial charge in [-0.3, -0.25) is 0 Å². The number of rotatable bonds is 1. The number of hydrogen-bond donors (Lipinski definition) is 1. The topological polar surface area (TPSA) is 25.2 Å². The van der Waals surface area contributed by atoms with E-state index in [0.29, 0.717) is 0 Å². The summed E-state index contributed by atoms with van der Waals surface area (Å²) < 4.78 is 2.30. The maximum absolute atomic E-state index is 10.4. The maximum Gasteiger partial charge on any atom is 0.0812 e. The number of aliphatic hydroxyl groups is 1. The van der Waals surface area contributed by atoms with E-state index in [4.69, 9.17) is 0 Å². The van der Waals surface area contributed by atoms with Crippen LogP contribution in [0.3, 0.4) is 0 Å². The molecule has 112 valence electrons.